The maximum absolute atomic E-state index is 10.7. The maximum Gasteiger partial charge on any atom is 0.354 e. The fraction of sp³-hybridized carbons (Fsp3) is 0.500. The molecule has 1 atom stereocenters. The first-order chi connectivity index (χ1) is 7.27. The Labute approximate surface area is 87.1 Å². The molecule has 1 aromatic heterocycles. The quantitative estimate of drug-likeness (QED) is 0.795. The fourth-order valence-electron chi connectivity index (χ4n) is 1.59. The molecule has 15 heavy (non-hydrogen) atoms. The second-order valence-corrected chi connectivity index (χ2v) is 3.46. The highest BCUT2D eigenvalue weighted by Crippen LogP contribution is 2.24. The van der Waals surface area contributed by atoms with Gasteiger partial charge < -0.3 is 9.84 Å². The van der Waals surface area contributed by atoms with Crippen molar-refractivity contribution >= 4 is 5.97 Å². The van der Waals surface area contributed by atoms with E-state index in [9.17, 15) is 4.79 Å². The molecule has 0 bridgehead atoms. The first-order valence-corrected chi connectivity index (χ1v) is 4.95. The summed E-state index contributed by atoms with van der Waals surface area (Å²) >= 11 is 0. The molecule has 1 N–H and O–H groups in total. The van der Waals surface area contributed by atoms with Crippen molar-refractivity contribution in [3.63, 3.8) is 0 Å². The molecule has 0 aliphatic carbocycles. The molecule has 1 aliphatic rings. The van der Waals surface area contributed by atoms with Crippen LogP contribution in [0, 0.1) is 0 Å². The number of hydrogen-bond acceptors (Lipinski definition) is 4. The van der Waals surface area contributed by atoms with E-state index in [1.54, 1.807) is 0 Å². The summed E-state index contributed by atoms with van der Waals surface area (Å²) in [4.78, 5) is 18.7. The lowest BCUT2D eigenvalue weighted by atomic mass is 10.1. The zero-order chi connectivity index (χ0) is 10.7. The molecule has 2 heterocycles. The highest BCUT2D eigenvalue weighted by Gasteiger charge is 2.19. The van der Waals surface area contributed by atoms with Crippen LogP contribution < -0.4 is 0 Å². The van der Waals surface area contributed by atoms with E-state index in [4.69, 9.17) is 9.84 Å². The Hall–Kier alpha value is -1.49. The molecule has 1 aromatic rings. The van der Waals surface area contributed by atoms with Crippen LogP contribution in [0.3, 0.4) is 0 Å². The predicted octanol–water partition coefficient (Wildman–Crippen LogP) is 1.42. The standard InChI is InChI=1S/C10H12N2O3/c13-10(14)7-4-5-11-9(12-7)8-3-1-2-6-15-8/h4-5,8H,1-3,6H2,(H,13,14). The molecular formula is C10H12N2O3. The highest BCUT2D eigenvalue weighted by atomic mass is 16.5. The molecule has 0 radical (unpaired) electrons. The summed E-state index contributed by atoms with van der Waals surface area (Å²) in [6.07, 6.45) is 4.31. The number of carbonyl (C=O) groups is 1. The largest absolute Gasteiger partial charge is 0.477 e. The molecule has 80 valence electrons. The fourth-order valence-corrected chi connectivity index (χ4v) is 1.59. The molecule has 1 unspecified atom stereocenters. The molecular weight excluding hydrogens is 196 g/mol. The Morgan fingerprint density at radius 3 is 3.07 bits per heavy atom. The second-order valence-electron chi connectivity index (χ2n) is 3.46. The summed E-state index contributed by atoms with van der Waals surface area (Å²) in [5.41, 5.74) is 0.0224. The molecule has 0 spiro atoms. The third kappa shape index (κ3) is 2.30. The normalized spacial score (nSPS) is 21.2. The molecule has 2 rings (SSSR count). The van der Waals surface area contributed by atoms with Crippen molar-refractivity contribution in [1.29, 1.82) is 0 Å². The van der Waals surface area contributed by atoms with Gasteiger partial charge in [-0.1, -0.05) is 0 Å². The number of carboxylic acid groups (broad SMARTS) is 1. The Kier molecular flexibility index (Phi) is 2.91. The minimum atomic E-state index is -1.03. The van der Waals surface area contributed by atoms with Gasteiger partial charge in [0.2, 0.25) is 0 Å². The Bertz CT molecular complexity index is 361. The van der Waals surface area contributed by atoms with Crippen molar-refractivity contribution in [2.75, 3.05) is 6.61 Å². The van der Waals surface area contributed by atoms with Crippen molar-refractivity contribution in [3.05, 3.63) is 23.8 Å². The Morgan fingerprint density at radius 2 is 2.40 bits per heavy atom. The summed E-state index contributed by atoms with van der Waals surface area (Å²) in [6, 6.07) is 1.38. The predicted molar refractivity (Wildman–Crippen MR) is 51.5 cm³/mol. The van der Waals surface area contributed by atoms with Gasteiger partial charge in [0, 0.05) is 12.8 Å². The third-order valence-electron chi connectivity index (χ3n) is 2.36. The van der Waals surface area contributed by atoms with E-state index in [1.165, 1.54) is 12.3 Å². The van der Waals surface area contributed by atoms with Gasteiger partial charge in [-0.2, -0.15) is 0 Å². The third-order valence-corrected chi connectivity index (χ3v) is 2.36. The van der Waals surface area contributed by atoms with Gasteiger partial charge in [-0.15, -0.1) is 0 Å². The van der Waals surface area contributed by atoms with Crippen LogP contribution in [0.5, 0.6) is 0 Å². The Morgan fingerprint density at radius 1 is 1.53 bits per heavy atom. The summed E-state index contributed by atoms with van der Waals surface area (Å²) < 4.78 is 5.48. The zero-order valence-corrected chi connectivity index (χ0v) is 8.22. The molecule has 5 heteroatoms. The Balaban J connectivity index is 2.19. The molecule has 0 saturated carbocycles. The lowest BCUT2D eigenvalue weighted by Crippen LogP contribution is -2.15. The van der Waals surface area contributed by atoms with E-state index in [0.717, 1.165) is 19.3 Å². The van der Waals surface area contributed by atoms with Crippen LogP contribution >= 0.6 is 0 Å². The van der Waals surface area contributed by atoms with Crippen LogP contribution in [0.25, 0.3) is 0 Å². The lowest BCUT2D eigenvalue weighted by Gasteiger charge is -2.21. The van der Waals surface area contributed by atoms with Gasteiger partial charge in [-0.3, -0.25) is 0 Å². The van der Waals surface area contributed by atoms with Gasteiger partial charge in [-0.05, 0) is 25.3 Å². The van der Waals surface area contributed by atoms with Crippen LogP contribution in [0.2, 0.25) is 0 Å². The monoisotopic (exact) mass is 208 g/mol. The van der Waals surface area contributed by atoms with E-state index < -0.39 is 5.97 Å². The van der Waals surface area contributed by atoms with Crippen molar-refractivity contribution in [2.24, 2.45) is 0 Å². The van der Waals surface area contributed by atoms with Gasteiger partial charge >= 0.3 is 5.97 Å². The smallest absolute Gasteiger partial charge is 0.354 e. The first-order valence-electron chi connectivity index (χ1n) is 4.95. The van der Waals surface area contributed by atoms with E-state index in [0.29, 0.717) is 12.4 Å². The average molecular weight is 208 g/mol. The minimum Gasteiger partial charge on any atom is -0.477 e. The van der Waals surface area contributed by atoms with Crippen molar-refractivity contribution < 1.29 is 14.6 Å². The van der Waals surface area contributed by atoms with Gasteiger partial charge in [0.25, 0.3) is 0 Å². The van der Waals surface area contributed by atoms with Gasteiger partial charge in [0.05, 0.1) is 0 Å². The van der Waals surface area contributed by atoms with Gasteiger partial charge in [0.15, 0.2) is 11.5 Å². The number of aromatic carboxylic acids is 1. The second kappa shape index (κ2) is 4.35. The van der Waals surface area contributed by atoms with Crippen LogP contribution in [-0.2, 0) is 4.74 Å². The van der Waals surface area contributed by atoms with Crippen LogP contribution in [0.4, 0.5) is 0 Å². The number of ether oxygens (including phenoxy) is 1. The summed E-state index contributed by atoms with van der Waals surface area (Å²) in [6.45, 7) is 0.700. The molecule has 1 fully saturated rings. The zero-order valence-electron chi connectivity index (χ0n) is 8.22. The maximum atomic E-state index is 10.7. The lowest BCUT2D eigenvalue weighted by molar-refractivity contribution is 0.00925. The number of aromatic nitrogens is 2. The topological polar surface area (TPSA) is 72.3 Å². The van der Waals surface area contributed by atoms with E-state index in [2.05, 4.69) is 9.97 Å². The van der Waals surface area contributed by atoms with Crippen molar-refractivity contribution in [3.8, 4) is 0 Å². The molecule has 0 aromatic carbocycles. The SMILES string of the molecule is O=C(O)c1ccnc(C2CCCCO2)n1. The molecule has 5 nitrogen and oxygen atoms in total. The van der Waals surface area contributed by atoms with Crippen molar-refractivity contribution in [1.82, 2.24) is 9.97 Å². The number of nitrogens with zero attached hydrogens (tertiary/aromatic N) is 2. The van der Waals surface area contributed by atoms with Crippen LogP contribution in [0.1, 0.15) is 41.7 Å². The van der Waals surface area contributed by atoms with Crippen LogP contribution in [-0.4, -0.2) is 27.7 Å². The minimum absolute atomic E-state index is 0.0224. The summed E-state index contributed by atoms with van der Waals surface area (Å²) in [5.74, 6) is -0.552. The molecule has 0 amide bonds. The summed E-state index contributed by atoms with van der Waals surface area (Å²) in [5, 5.41) is 8.78. The number of rotatable bonds is 2. The summed E-state index contributed by atoms with van der Waals surface area (Å²) in [7, 11) is 0. The molecule has 1 saturated heterocycles. The van der Waals surface area contributed by atoms with Gasteiger partial charge in [0.1, 0.15) is 6.10 Å². The highest BCUT2D eigenvalue weighted by molar-refractivity contribution is 5.85. The average Bonchev–Trinajstić information content (AvgIpc) is 2.30. The number of carboxylic acids is 1. The van der Waals surface area contributed by atoms with E-state index in [1.807, 2.05) is 0 Å². The van der Waals surface area contributed by atoms with Gasteiger partial charge in [-0.25, -0.2) is 14.8 Å². The van der Waals surface area contributed by atoms with E-state index >= 15 is 0 Å². The number of hydrogen-bond donors (Lipinski definition) is 1. The molecule has 1 aliphatic heterocycles. The van der Waals surface area contributed by atoms with Crippen LogP contribution in [0.15, 0.2) is 12.3 Å². The van der Waals surface area contributed by atoms with Crippen molar-refractivity contribution in [2.45, 2.75) is 25.4 Å². The first kappa shape index (κ1) is 10.0. The van der Waals surface area contributed by atoms with E-state index in [-0.39, 0.29) is 11.8 Å².